The van der Waals surface area contributed by atoms with E-state index < -0.39 is 0 Å². The molecule has 0 aliphatic carbocycles. The first-order valence-electron chi connectivity index (χ1n) is 6.94. The molecule has 0 spiro atoms. The summed E-state index contributed by atoms with van der Waals surface area (Å²) >= 11 is 3.27. The fourth-order valence-corrected chi connectivity index (χ4v) is 3.02. The van der Waals surface area contributed by atoms with Gasteiger partial charge in [-0.25, -0.2) is 0 Å². The van der Waals surface area contributed by atoms with E-state index in [9.17, 15) is 4.79 Å². The molecule has 1 aliphatic heterocycles. The lowest BCUT2D eigenvalue weighted by atomic mass is 9.93. The van der Waals surface area contributed by atoms with Crippen molar-refractivity contribution < 1.29 is 9.21 Å². The third-order valence-corrected chi connectivity index (χ3v) is 4.20. The Morgan fingerprint density at radius 1 is 1.38 bits per heavy atom. The van der Waals surface area contributed by atoms with Crippen molar-refractivity contribution in [3.05, 3.63) is 52.4 Å². The van der Waals surface area contributed by atoms with Crippen molar-refractivity contribution in [2.75, 3.05) is 18.9 Å². The van der Waals surface area contributed by atoms with E-state index in [-0.39, 0.29) is 11.8 Å². The van der Waals surface area contributed by atoms with Crippen LogP contribution in [0.3, 0.4) is 0 Å². The minimum Gasteiger partial charge on any atom is -0.452 e. The maximum Gasteiger partial charge on any atom is 0.227 e. The van der Waals surface area contributed by atoms with Crippen LogP contribution in [0.1, 0.15) is 11.3 Å². The number of para-hydroxylation sites is 1. The number of hydrogen-bond donors (Lipinski definition) is 1. The molecule has 0 saturated carbocycles. The van der Waals surface area contributed by atoms with E-state index >= 15 is 0 Å². The third-order valence-electron chi connectivity index (χ3n) is 3.77. The minimum atomic E-state index is -0.0247. The summed E-state index contributed by atoms with van der Waals surface area (Å²) in [6, 6.07) is 11.9. The first kappa shape index (κ1) is 14.2. The van der Waals surface area contributed by atoms with Crippen LogP contribution in [0.2, 0.25) is 0 Å². The van der Waals surface area contributed by atoms with Gasteiger partial charge in [-0.15, -0.1) is 0 Å². The van der Waals surface area contributed by atoms with E-state index in [1.807, 2.05) is 31.3 Å². The molecule has 21 heavy (non-hydrogen) atoms. The Morgan fingerprint density at radius 2 is 2.19 bits per heavy atom. The number of rotatable bonds is 3. The average molecular weight is 349 g/mol. The molecule has 3 rings (SSSR count). The first-order valence-corrected chi connectivity index (χ1v) is 7.74. The maximum absolute atomic E-state index is 12.6. The topological polar surface area (TPSA) is 45.5 Å². The summed E-state index contributed by atoms with van der Waals surface area (Å²) in [6.45, 7) is 1.17. The molecular weight excluding hydrogens is 332 g/mol. The number of amides is 1. The van der Waals surface area contributed by atoms with Crippen molar-refractivity contribution in [3.63, 3.8) is 0 Å². The van der Waals surface area contributed by atoms with Crippen molar-refractivity contribution in [1.82, 2.24) is 4.90 Å². The molecule has 2 heterocycles. The molecule has 5 heteroatoms. The molecule has 0 bridgehead atoms. The second-order valence-corrected chi connectivity index (χ2v) is 6.12. The van der Waals surface area contributed by atoms with Gasteiger partial charge in [0.15, 0.2) is 4.67 Å². The number of halogens is 1. The second kappa shape index (κ2) is 5.93. The van der Waals surface area contributed by atoms with Crippen molar-refractivity contribution in [3.8, 4) is 0 Å². The molecule has 110 valence electrons. The maximum atomic E-state index is 12.6. The van der Waals surface area contributed by atoms with Crippen LogP contribution in [-0.2, 0) is 17.8 Å². The molecule has 1 N–H and O–H groups in total. The summed E-state index contributed by atoms with van der Waals surface area (Å²) in [5.74, 6) is 0.898. The van der Waals surface area contributed by atoms with Gasteiger partial charge in [-0.05, 0) is 46.1 Å². The smallest absolute Gasteiger partial charge is 0.227 e. The number of carbonyl (C=O) groups is 1. The van der Waals surface area contributed by atoms with Gasteiger partial charge in [-0.2, -0.15) is 0 Å². The number of anilines is 1. The Bertz CT molecular complexity index is 653. The van der Waals surface area contributed by atoms with Crippen molar-refractivity contribution in [2.24, 2.45) is 5.92 Å². The standard InChI is InChI=1S/C16H17BrN2O2/c1-19(10-13-6-7-15(17)21-13)16(20)12-8-11-4-2-3-5-14(11)18-9-12/h2-7,12,18H,8-10H2,1H3. The van der Waals surface area contributed by atoms with Gasteiger partial charge in [0.2, 0.25) is 5.91 Å². The van der Waals surface area contributed by atoms with Crippen LogP contribution in [0.4, 0.5) is 5.69 Å². The normalized spacial score (nSPS) is 17.0. The molecule has 1 amide bonds. The van der Waals surface area contributed by atoms with Gasteiger partial charge in [0.05, 0.1) is 12.5 Å². The van der Waals surface area contributed by atoms with Crippen LogP contribution < -0.4 is 5.32 Å². The summed E-state index contributed by atoms with van der Waals surface area (Å²) in [7, 11) is 1.82. The fourth-order valence-electron chi connectivity index (χ4n) is 2.68. The fraction of sp³-hybridized carbons (Fsp3) is 0.312. The van der Waals surface area contributed by atoms with Crippen LogP contribution in [-0.4, -0.2) is 24.4 Å². The molecule has 4 nitrogen and oxygen atoms in total. The Kier molecular flexibility index (Phi) is 4.01. The molecule has 1 unspecified atom stereocenters. The number of nitrogens with one attached hydrogen (secondary N) is 1. The van der Waals surface area contributed by atoms with E-state index in [2.05, 4.69) is 33.4 Å². The largest absolute Gasteiger partial charge is 0.452 e. The van der Waals surface area contributed by atoms with Crippen molar-refractivity contribution >= 4 is 27.5 Å². The highest BCUT2D eigenvalue weighted by molar-refractivity contribution is 9.10. The van der Waals surface area contributed by atoms with Gasteiger partial charge in [0.1, 0.15) is 5.76 Å². The third kappa shape index (κ3) is 3.13. The highest BCUT2D eigenvalue weighted by Gasteiger charge is 2.27. The zero-order valence-corrected chi connectivity index (χ0v) is 13.4. The highest BCUT2D eigenvalue weighted by Crippen LogP contribution is 2.25. The quantitative estimate of drug-likeness (QED) is 0.925. The molecule has 1 atom stereocenters. The summed E-state index contributed by atoms with van der Waals surface area (Å²) in [4.78, 5) is 14.3. The van der Waals surface area contributed by atoms with E-state index in [1.54, 1.807) is 4.90 Å². The zero-order valence-electron chi connectivity index (χ0n) is 11.8. The zero-order chi connectivity index (χ0) is 14.8. The Morgan fingerprint density at radius 3 is 2.95 bits per heavy atom. The van der Waals surface area contributed by atoms with Crippen LogP contribution in [0.15, 0.2) is 45.5 Å². The first-order chi connectivity index (χ1) is 10.1. The lowest BCUT2D eigenvalue weighted by Crippen LogP contribution is -2.39. The number of furan rings is 1. The van der Waals surface area contributed by atoms with Crippen LogP contribution in [0.5, 0.6) is 0 Å². The molecular formula is C16H17BrN2O2. The van der Waals surface area contributed by atoms with Crippen LogP contribution in [0, 0.1) is 5.92 Å². The van der Waals surface area contributed by atoms with E-state index in [4.69, 9.17) is 4.42 Å². The molecule has 0 radical (unpaired) electrons. The minimum absolute atomic E-state index is 0.0247. The van der Waals surface area contributed by atoms with Gasteiger partial charge >= 0.3 is 0 Å². The molecule has 1 aromatic carbocycles. The summed E-state index contributed by atoms with van der Waals surface area (Å²) in [5, 5.41) is 3.34. The monoisotopic (exact) mass is 348 g/mol. The van der Waals surface area contributed by atoms with Crippen molar-refractivity contribution in [1.29, 1.82) is 0 Å². The van der Waals surface area contributed by atoms with Gasteiger partial charge in [0.25, 0.3) is 0 Å². The lowest BCUT2D eigenvalue weighted by Gasteiger charge is -2.28. The lowest BCUT2D eigenvalue weighted by molar-refractivity contribution is -0.134. The highest BCUT2D eigenvalue weighted by atomic mass is 79.9. The number of fused-ring (bicyclic) bond motifs is 1. The predicted molar refractivity (Wildman–Crippen MR) is 85.0 cm³/mol. The van der Waals surface area contributed by atoms with E-state index in [0.29, 0.717) is 17.8 Å². The van der Waals surface area contributed by atoms with E-state index in [1.165, 1.54) is 5.56 Å². The Balaban J connectivity index is 1.66. The molecule has 1 aliphatic rings. The molecule has 1 aromatic heterocycles. The summed E-state index contributed by atoms with van der Waals surface area (Å²) in [6.07, 6.45) is 0.786. The molecule has 2 aromatic rings. The Labute approximate surface area is 132 Å². The SMILES string of the molecule is CN(Cc1ccc(Br)o1)C(=O)C1CNc2ccccc2C1. The Hall–Kier alpha value is -1.75. The molecule has 0 fully saturated rings. The summed E-state index contributed by atoms with van der Waals surface area (Å²) in [5.41, 5.74) is 2.34. The van der Waals surface area contributed by atoms with Crippen LogP contribution in [0.25, 0.3) is 0 Å². The van der Waals surface area contributed by atoms with Crippen molar-refractivity contribution in [2.45, 2.75) is 13.0 Å². The average Bonchev–Trinajstić information content (AvgIpc) is 2.91. The number of nitrogens with zero attached hydrogens (tertiary/aromatic N) is 1. The van der Waals surface area contributed by atoms with E-state index in [0.717, 1.165) is 17.9 Å². The number of benzene rings is 1. The van der Waals surface area contributed by atoms with Gasteiger partial charge in [-0.3, -0.25) is 4.79 Å². The number of hydrogen-bond acceptors (Lipinski definition) is 3. The van der Waals surface area contributed by atoms with Gasteiger partial charge < -0.3 is 14.6 Å². The number of carbonyl (C=O) groups excluding carboxylic acids is 1. The van der Waals surface area contributed by atoms with Crippen LogP contribution >= 0.6 is 15.9 Å². The van der Waals surface area contributed by atoms with Gasteiger partial charge in [0, 0.05) is 19.3 Å². The molecule has 0 saturated heterocycles. The second-order valence-electron chi connectivity index (χ2n) is 5.34. The predicted octanol–water partition coefficient (Wildman–Crippen LogP) is 3.28. The summed E-state index contributed by atoms with van der Waals surface area (Å²) < 4.78 is 6.14. The van der Waals surface area contributed by atoms with Gasteiger partial charge in [-0.1, -0.05) is 18.2 Å².